The Kier molecular flexibility index (Phi) is 5.56. The minimum absolute atomic E-state index is 0.230. The Morgan fingerprint density at radius 2 is 2.18 bits per heavy atom. The summed E-state index contributed by atoms with van der Waals surface area (Å²) in [7, 11) is 2.00. The van der Waals surface area contributed by atoms with Gasteiger partial charge in [0.15, 0.2) is 0 Å². The molecule has 0 aliphatic rings. The van der Waals surface area contributed by atoms with E-state index in [0.717, 1.165) is 13.0 Å². The summed E-state index contributed by atoms with van der Waals surface area (Å²) in [4.78, 5) is 11.1. The van der Waals surface area contributed by atoms with E-state index >= 15 is 0 Å². The molecule has 11 heavy (non-hydrogen) atoms. The van der Waals surface area contributed by atoms with Crippen LogP contribution in [0.1, 0.15) is 13.3 Å². The zero-order valence-electron chi connectivity index (χ0n) is 7.05. The molecule has 0 radical (unpaired) electrons. The van der Waals surface area contributed by atoms with E-state index in [0.29, 0.717) is 6.54 Å². The van der Waals surface area contributed by atoms with Gasteiger partial charge in [0.1, 0.15) is 0 Å². The average molecular weight is 161 g/mol. The van der Waals surface area contributed by atoms with Crippen molar-refractivity contribution in [2.24, 2.45) is 0 Å². The maximum atomic E-state index is 9.80. The van der Waals surface area contributed by atoms with Crippen molar-refractivity contribution in [2.75, 3.05) is 26.7 Å². The van der Waals surface area contributed by atoms with E-state index in [1.165, 1.54) is 4.90 Å². The normalized spacial score (nSPS) is 12.5. The van der Waals surface area contributed by atoms with E-state index in [9.17, 15) is 9.90 Å². The van der Waals surface area contributed by atoms with Crippen LogP contribution in [0.25, 0.3) is 0 Å². The van der Waals surface area contributed by atoms with E-state index < -0.39 is 6.16 Å². The summed E-state index contributed by atoms with van der Waals surface area (Å²) >= 11 is 0. The standard InChI is InChI=1S/C7H15NO3/c1-3-4-8(2)5-6-11-7(9)10/h3-6H2,1-2H3,(H,9,10). The Bertz CT molecular complexity index is 116. The highest BCUT2D eigenvalue weighted by Crippen LogP contribution is 1.68. The molecule has 0 saturated heterocycles. The molecule has 1 N–H and O–H groups in total. The number of ether oxygens (including phenoxy) is 1. The minimum Gasteiger partial charge on any atom is -0.544 e. The average Bonchev–Trinajstić information content (AvgIpc) is 1.87. The summed E-state index contributed by atoms with van der Waals surface area (Å²) in [6, 6.07) is 0. The molecule has 4 heteroatoms. The van der Waals surface area contributed by atoms with E-state index in [2.05, 4.69) is 11.7 Å². The molecule has 0 heterocycles. The van der Waals surface area contributed by atoms with E-state index in [1.54, 1.807) is 0 Å². The van der Waals surface area contributed by atoms with Crippen molar-refractivity contribution in [1.82, 2.24) is 0 Å². The van der Waals surface area contributed by atoms with E-state index in [-0.39, 0.29) is 6.61 Å². The number of carbonyl (C=O) groups excluding carboxylic acids is 1. The molecule has 1 atom stereocenters. The largest absolute Gasteiger partial charge is 0.544 e. The second-order valence-electron chi connectivity index (χ2n) is 2.56. The molecule has 4 nitrogen and oxygen atoms in total. The first-order valence-electron chi connectivity index (χ1n) is 3.82. The van der Waals surface area contributed by atoms with Crippen molar-refractivity contribution in [1.29, 1.82) is 0 Å². The maximum Gasteiger partial charge on any atom is 0.252 e. The first-order valence-corrected chi connectivity index (χ1v) is 3.82. The first kappa shape index (κ1) is 10.2. The summed E-state index contributed by atoms with van der Waals surface area (Å²) in [5, 5.41) is 9.80. The number of hydrogen-bond donors (Lipinski definition) is 1. The number of nitrogens with one attached hydrogen (secondary N) is 1. The number of quaternary nitrogens is 1. The van der Waals surface area contributed by atoms with Crippen LogP contribution in [-0.2, 0) is 4.74 Å². The molecule has 0 saturated carbocycles. The molecule has 0 aromatic carbocycles. The number of rotatable bonds is 5. The lowest BCUT2D eigenvalue weighted by molar-refractivity contribution is -0.879. The van der Waals surface area contributed by atoms with Crippen molar-refractivity contribution in [3.05, 3.63) is 0 Å². The van der Waals surface area contributed by atoms with Gasteiger partial charge in [-0.3, -0.25) is 0 Å². The molecule has 0 rings (SSSR count). The molecule has 0 spiro atoms. The van der Waals surface area contributed by atoms with Gasteiger partial charge in [-0.15, -0.1) is 0 Å². The van der Waals surface area contributed by atoms with Gasteiger partial charge in [0, 0.05) is 0 Å². The Morgan fingerprint density at radius 3 is 2.64 bits per heavy atom. The summed E-state index contributed by atoms with van der Waals surface area (Å²) in [6.07, 6.45) is -0.341. The van der Waals surface area contributed by atoms with E-state index in [4.69, 9.17) is 0 Å². The van der Waals surface area contributed by atoms with Gasteiger partial charge >= 0.3 is 0 Å². The third-order valence-corrected chi connectivity index (χ3v) is 1.43. The first-order chi connectivity index (χ1) is 5.16. The predicted octanol–water partition coefficient (Wildman–Crippen LogP) is -1.73. The van der Waals surface area contributed by atoms with Gasteiger partial charge in [-0.05, 0) is 6.42 Å². The van der Waals surface area contributed by atoms with E-state index in [1.807, 2.05) is 7.05 Å². The molecular formula is C7H15NO3. The highest BCUT2D eigenvalue weighted by molar-refractivity contribution is 5.53. The molecule has 0 aromatic rings. The number of carbonyl (C=O) groups is 1. The van der Waals surface area contributed by atoms with Crippen LogP contribution in [0.2, 0.25) is 0 Å². The van der Waals surface area contributed by atoms with Gasteiger partial charge < -0.3 is 19.5 Å². The van der Waals surface area contributed by atoms with Gasteiger partial charge in [0.25, 0.3) is 6.16 Å². The van der Waals surface area contributed by atoms with Crippen LogP contribution in [-0.4, -0.2) is 32.9 Å². The summed E-state index contributed by atoms with van der Waals surface area (Å²) < 4.78 is 4.24. The molecule has 0 aromatic heterocycles. The summed E-state index contributed by atoms with van der Waals surface area (Å²) in [6.45, 7) is 4.06. The molecule has 1 unspecified atom stereocenters. The van der Waals surface area contributed by atoms with Crippen molar-refractivity contribution in [2.45, 2.75) is 13.3 Å². The SMILES string of the molecule is CCC[NH+](C)CCOC(=O)[O-]. The van der Waals surface area contributed by atoms with Crippen LogP contribution in [0.15, 0.2) is 0 Å². The molecule has 0 aliphatic heterocycles. The Morgan fingerprint density at radius 1 is 1.55 bits per heavy atom. The lowest BCUT2D eigenvalue weighted by Crippen LogP contribution is -3.09. The van der Waals surface area contributed by atoms with Crippen LogP contribution in [0.5, 0.6) is 0 Å². The predicted molar refractivity (Wildman–Crippen MR) is 38.3 cm³/mol. The molecule has 0 amide bonds. The topological polar surface area (TPSA) is 53.8 Å². The Labute approximate surface area is 66.8 Å². The lowest BCUT2D eigenvalue weighted by atomic mass is 10.4. The third kappa shape index (κ3) is 7.12. The Hall–Kier alpha value is -0.770. The van der Waals surface area contributed by atoms with Crippen LogP contribution >= 0.6 is 0 Å². The molecule has 0 aliphatic carbocycles. The van der Waals surface area contributed by atoms with Crippen LogP contribution in [0, 0.1) is 0 Å². The number of likely N-dealkylation sites (N-methyl/N-ethyl adjacent to an activating group) is 1. The maximum absolute atomic E-state index is 9.80. The van der Waals surface area contributed by atoms with Crippen molar-refractivity contribution in [3.63, 3.8) is 0 Å². The van der Waals surface area contributed by atoms with Crippen LogP contribution in [0.3, 0.4) is 0 Å². The van der Waals surface area contributed by atoms with Crippen molar-refractivity contribution in [3.8, 4) is 0 Å². The third-order valence-electron chi connectivity index (χ3n) is 1.43. The Balaban J connectivity index is 3.16. The fraction of sp³-hybridized carbons (Fsp3) is 0.857. The number of carboxylic acid groups (broad SMARTS) is 1. The summed E-state index contributed by atoms with van der Waals surface area (Å²) in [5.41, 5.74) is 0. The van der Waals surface area contributed by atoms with Gasteiger partial charge in [-0.1, -0.05) is 6.92 Å². The number of hydrogen-bond acceptors (Lipinski definition) is 3. The van der Waals surface area contributed by atoms with Gasteiger partial charge in [-0.25, -0.2) is 0 Å². The fourth-order valence-corrected chi connectivity index (χ4v) is 0.860. The lowest BCUT2D eigenvalue weighted by Gasteiger charge is -2.14. The summed E-state index contributed by atoms with van der Waals surface area (Å²) in [5.74, 6) is 0. The molecule has 66 valence electrons. The zero-order chi connectivity index (χ0) is 8.69. The second-order valence-corrected chi connectivity index (χ2v) is 2.56. The quantitative estimate of drug-likeness (QED) is 0.487. The fourth-order valence-electron chi connectivity index (χ4n) is 0.860. The van der Waals surface area contributed by atoms with Crippen LogP contribution in [0.4, 0.5) is 4.79 Å². The van der Waals surface area contributed by atoms with Gasteiger partial charge in [-0.2, -0.15) is 0 Å². The smallest absolute Gasteiger partial charge is 0.252 e. The molecule has 0 bridgehead atoms. The minimum atomic E-state index is -1.44. The monoisotopic (exact) mass is 161 g/mol. The highest BCUT2D eigenvalue weighted by Gasteiger charge is 1.97. The molecule has 0 fully saturated rings. The van der Waals surface area contributed by atoms with Crippen molar-refractivity contribution >= 4 is 6.16 Å². The van der Waals surface area contributed by atoms with Gasteiger partial charge in [0.05, 0.1) is 26.7 Å². The van der Waals surface area contributed by atoms with Crippen molar-refractivity contribution < 1.29 is 19.5 Å². The highest BCUT2D eigenvalue weighted by atomic mass is 16.7. The van der Waals surface area contributed by atoms with Gasteiger partial charge in [0.2, 0.25) is 0 Å². The van der Waals surface area contributed by atoms with Crippen LogP contribution < -0.4 is 10.0 Å². The molecular weight excluding hydrogens is 146 g/mol. The zero-order valence-corrected chi connectivity index (χ0v) is 7.05. The second kappa shape index (κ2) is 5.97.